The molecule has 2 saturated carbocycles. The Morgan fingerprint density at radius 3 is 2.35 bits per heavy atom. The van der Waals surface area contributed by atoms with Gasteiger partial charge in [-0.25, -0.2) is 0 Å². The third kappa shape index (κ3) is 2.70. The van der Waals surface area contributed by atoms with E-state index < -0.39 is 5.97 Å². The van der Waals surface area contributed by atoms with Crippen LogP contribution in [0.5, 0.6) is 0 Å². The fourth-order valence-corrected chi connectivity index (χ4v) is 4.24. The summed E-state index contributed by atoms with van der Waals surface area (Å²) in [6.07, 6.45) is 9.62. The van der Waals surface area contributed by atoms with Gasteiger partial charge in [-0.15, -0.1) is 0 Å². The Balaban J connectivity index is 1.41. The summed E-state index contributed by atoms with van der Waals surface area (Å²) >= 11 is 0. The smallest absolute Gasteiger partial charge is 0.307 e. The molecule has 1 spiro atoms. The highest BCUT2D eigenvalue weighted by Crippen LogP contribution is 2.59. The molecule has 2 aliphatic carbocycles. The van der Waals surface area contributed by atoms with E-state index in [1.807, 2.05) is 4.90 Å². The molecule has 1 amide bonds. The molecule has 20 heavy (non-hydrogen) atoms. The van der Waals surface area contributed by atoms with Crippen molar-refractivity contribution in [3.8, 4) is 0 Å². The van der Waals surface area contributed by atoms with Crippen molar-refractivity contribution >= 4 is 11.9 Å². The SMILES string of the molecule is O=C(O)C1CC12CCN(C(=O)CCC1CCCC1)CC2. The molecule has 0 radical (unpaired) electrons. The zero-order valence-corrected chi connectivity index (χ0v) is 12.1. The average molecular weight is 279 g/mol. The first-order valence-corrected chi connectivity index (χ1v) is 8.11. The van der Waals surface area contributed by atoms with Crippen molar-refractivity contribution in [2.24, 2.45) is 17.3 Å². The van der Waals surface area contributed by atoms with E-state index in [9.17, 15) is 9.59 Å². The van der Waals surface area contributed by atoms with Gasteiger partial charge in [-0.2, -0.15) is 0 Å². The van der Waals surface area contributed by atoms with Crippen LogP contribution in [0, 0.1) is 17.3 Å². The molecule has 1 unspecified atom stereocenters. The second kappa shape index (κ2) is 5.38. The van der Waals surface area contributed by atoms with E-state index in [2.05, 4.69) is 0 Å². The number of carbonyl (C=O) groups excluding carboxylic acids is 1. The van der Waals surface area contributed by atoms with Gasteiger partial charge in [0.15, 0.2) is 0 Å². The molecule has 1 N–H and O–H groups in total. The third-order valence-electron chi connectivity index (χ3n) is 5.84. The number of aliphatic carboxylic acids is 1. The Labute approximate surface area is 120 Å². The van der Waals surface area contributed by atoms with Crippen molar-refractivity contribution in [1.29, 1.82) is 0 Å². The molecule has 1 heterocycles. The lowest BCUT2D eigenvalue weighted by atomic mass is 9.90. The number of likely N-dealkylation sites (tertiary alicyclic amines) is 1. The Bertz CT molecular complexity index is 393. The maximum atomic E-state index is 12.2. The van der Waals surface area contributed by atoms with Gasteiger partial charge in [0.1, 0.15) is 0 Å². The number of piperidine rings is 1. The van der Waals surface area contributed by atoms with E-state index in [0.717, 1.165) is 44.7 Å². The van der Waals surface area contributed by atoms with Crippen LogP contribution in [-0.2, 0) is 9.59 Å². The van der Waals surface area contributed by atoms with Crippen molar-refractivity contribution in [3.63, 3.8) is 0 Å². The van der Waals surface area contributed by atoms with Gasteiger partial charge in [-0.05, 0) is 37.0 Å². The summed E-state index contributed by atoms with van der Waals surface area (Å²) in [5.41, 5.74) is 0.0358. The van der Waals surface area contributed by atoms with Crippen LogP contribution in [0.2, 0.25) is 0 Å². The first-order chi connectivity index (χ1) is 9.61. The molecule has 3 fully saturated rings. The van der Waals surface area contributed by atoms with Crippen LogP contribution in [0.1, 0.15) is 57.8 Å². The van der Waals surface area contributed by atoms with Gasteiger partial charge in [-0.3, -0.25) is 9.59 Å². The van der Waals surface area contributed by atoms with E-state index in [4.69, 9.17) is 5.11 Å². The summed E-state index contributed by atoms with van der Waals surface area (Å²) in [5, 5.41) is 9.07. The molecule has 3 rings (SSSR count). The van der Waals surface area contributed by atoms with E-state index >= 15 is 0 Å². The Morgan fingerprint density at radius 2 is 1.80 bits per heavy atom. The largest absolute Gasteiger partial charge is 0.481 e. The number of hydrogen-bond donors (Lipinski definition) is 1. The molecule has 0 aromatic heterocycles. The second-order valence-electron chi connectivity index (χ2n) is 7.03. The first-order valence-electron chi connectivity index (χ1n) is 8.11. The lowest BCUT2D eigenvalue weighted by Crippen LogP contribution is -2.40. The number of carboxylic acid groups (broad SMARTS) is 1. The van der Waals surface area contributed by atoms with Crippen LogP contribution in [0.25, 0.3) is 0 Å². The highest BCUT2D eigenvalue weighted by molar-refractivity contribution is 5.77. The minimum absolute atomic E-state index is 0.0358. The molecule has 4 nitrogen and oxygen atoms in total. The lowest BCUT2D eigenvalue weighted by molar-refractivity contribution is -0.139. The molecule has 0 aromatic rings. The predicted octanol–water partition coefficient (Wildman–Crippen LogP) is 2.67. The molecule has 4 heteroatoms. The quantitative estimate of drug-likeness (QED) is 0.860. The number of amides is 1. The fourth-order valence-electron chi connectivity index (χ4n) is 4.24. The van der Waals surface area contributed by atoms with Gasteiger partial charge in [0.2, 0.25) is 5.91 Å². The van der Waals surface area contributed by atoms with Gasteiger partial charge in [0.05, 0.1) is 5.92 Å². The fraction of sp³-hybridized carbons (Fsp3) is 0.875. The van der Waals surface area contributed by atoms with Crippen LogP contribution in [0.15, 0.2) is 0 Å². The van der Waals surface area contributed by atoms with E-state index in [0.29, 0.717) is 12.3 Å². The summed E-state index contributed by atoms with van der Waals surface area (Å²) in [4.78, 5) is 25.2. The van der Waals surface area contributed by atoms with Crippen LogP contribution in [-0.4, -0.2) is 35.0 Å². The maximum Gasteiger partial charge on any atom is 0.307 e. The summed E-state index contributed by atoms with van der Waals surface area (Å²) in [7, 11) is 0. The van der Waals surface area contributed by atoms with Gasteiger partial charge < -0.3 is 10.0 Å². The predicted molar refractivity (Wildman–Crippen MR) is 75.2 cm³/mol. The van der Waals surface area contributed by atoms with Crippen LogP contribution >= 0.6 is 0 Å². The molecule has 3 aliphatic rings. The van der Waals surface area contributed by atoms with Crippen molar-refractivity contribution in [2.75, 3.05) is 13.1 Å². The summed E-state index contributed by atoms with van der Waals surface area (Å²) in [6, 6.07) is 0. The van der Waals surface area contributed by atoms with Crippen LogP contribution in [0.4, 0.5) is 0 Å². The van der Waals surface area contributed by atoms with E-state index in [1.54, 1.807) is 0 Å². The Hall–Kier alpha value is -1.06. The highest BCUT2D eigenvalue weighted by Gasteiger charge is 2.59. The van der Waals surface area contributed by atoms with Gasteiger partial charge >= 0.3 is 5.97 Å². The van der Waals surface area contributed by atoms with E-state index in [1.165, 1.54) is 25.7 Å². The minimum Gasteiger partial charge on any atom is -0.481 e. The number of rotatable bonds is 4. The highest BCUT2D eigenvalue weighted by atomic mass is 16.4. The molecular weight excluding hydrogens is 254 g/mol. The van der Waals surface area contributed by atoms with Crippen molar-refractivity contribution in [3.05, 3.63) is 0 Å². The molecule has 0 bridgehead atoms. The second-order valence-corrected chi connectivity index (χ2v) is 7.03. The van der Waals surface area contributed by atoms with Crippen LogP contribution < -0.4 is 0 Å². The molecule has 1 atom stereocenters. The average Bonchev–Trinajstić information content (AvgIpc) is 2.90. The molecule has 0 aromatic carbocycles. The summed E-state index contributed by atoms with van der Waals surface area (Å²) < 4.78 is 0. The Kier molecular flexibility index (Phi) is 3.74. The summed E-state index contributed by atoms with van der Waals surface area (Å²) in [5.74, 6) is 0.276. The minimum atomic E-state index is -0.647. The first kappa shape index (κ1) is 13.9. The van der Waals surface area contributed by atoms with Gasteiger partial charge in [0, 0.05) is 19.5 Å². The number of hydrogen-bond acceptors (Lipinski definition) is 2. The number of carbonyl (C=O) groups is 2. The van der Waals surface area contributed by atoms with E-state index in [-0.39, 0.29) is 11.3 Å². The number of nitrogens with zero attached hydrogens (tertiary/aromatic N) is 1. The maximum absolute atomic E-state index is 12.2. The molecule has 1 aliphatic heterocycles. The molecule has 112 valence electrons. The van der Waals surface area contributed by atoms with Gasteiger partial charge in [-0.1, -0.05) is 25.7 Å². The third-order valence-corrected chi connectivity index (χ3v) is 5.84. The normalized spacial score (nSPS) is 28.8. The zero-order chi connectivity index (χ0) is 14.2. The Morgan fingerprint density at radius 1 is 1.15 bits per heavy atom. The molecule has 1 saturated heterocycles. The van der Waals surface area contributed by atoms with Crippen molar-refractivity contribution in [2.45, 2.75) is 57.8 Å². The monoisotopic (exact) mass is 279 g/mol. The van der Waals surface area contributed by atoms with Gasteiger partial charge in [0.25, 0.3) is 0 Å². The van der Waals surface area contributed by atoms with Crippen LogP contribution in [0.3, 0.4) is 0 Å². The van der Waals surface area contributed by atoms with Crippen molar-refractivity contribution < 1.29 is 14.7 Å². The number of carboxylic acids is 1. The standard InChI is InChI=1S/C16H25NO3/c18-14(6-5-12-3-1-2-4-12)17-9-7-16(8-10-17)11-13(16)15(19)20/h12-13H,1-11H2,(H,19,20). The lowest BCUT2D eigenvalue weighted by Gasteiger charge is -2.33. The van der Waals surface area contributed by atoms with Crippen molar-refractivity contribution in [1.82, 2.24) is 4.90 Å². The summed E-state index contributed by atoms with van der Waals surface area (Å²) in [6.45, 7) is 1.54. The zero-order valence-electron chi connectivity index (χ0n) is 12.1. The topological polar surface area (TPSA) is 57.6 Å². The molecular formula is C16H25NO3.